The van der Waals surface area contributed by atoms with Gasteiger partial charge in [0.15, 0.2) is 5.11 Å². The molecule has 1 heterocycles. The number of hydrogen-bond acceptors (Lipinski definition) is 2. The minimum absolute atomic E-state index is 0.260. The summed E-state index contributed by atoms with van der Waals surface area (Å²) in [5.74, 6) is -0.260. The lowest BCUT2D eigenvalue weighted by Gasteiger charge is -2.32. The number of nitrogens with zero attached hydrogens (tertiary/aromatic N) is 1. The molecule has 0 radical (unpaired) electrons. The molecular formula is C14H20FN3S. The normalized spacial score (nSPS) is 17.2. The highest BCUT2D eigenvalue weighted by atomic mass is 32.1. The number of anilines is 1. The van der Waals surface area contributed by atoms with Crippen molar-refractivity contribution in [2.24, 2.45) is 0 Å². The van der Waals surface area contributed by atoms with Crippen LogP contribution in [-0.4, -0.2) is 35.7 Å². The van der Waals surface area contributed by atoms with Crippen LogP contribution < -0.4 is 10.6 Å². The Morgan fingerprint density at radius 3 is 2.79 bits per heavy atom. The fourth-order valence-electron chi connectivity index (χ4n) is 2.31. The standard InChI is InChI=1S/C14H20FN3S/c1-2-18-8-6-12(7-9-18)16-14(19)17-13-5-3-4-11(15)10-13/h3-5,10,12H,2,6-9H2,1H3,(H2,16,17,19). The van der Waals surface area contributed by atoms with E-state index in [-0.39, 0.29) is 5.82 Å². The molecule has 0 aliphatic carbocycles. The zero-order chi connectivity index (χ0) is 13.7. The van der Waals surface area contributed by atoms with E-state index in [1.165, 1.54) is 12.1 Å². The second kappa shape index (κ2) is 6.82. The fourth-order valence-corrected chi connectivity index (χ4v) is 2.60. The highest BCUT2D eigenvalue weighted by Crippen LogP contribution is 2.11. The molecule has 1 aromatic rings. The van der Waals surface area contributed by atoms with E-state index in [1.54, 1.807) is 12.1 Å². The number of halogens is 1. The Morgan fingerprint density at radius 1 is 1.42 bits per heavy atom. The molecule has 2 N–H and O–H groups in total. The number of benzene rings is 1. The molecule has 2 rings (SSSR count). The first kappa shape index (κ1) is 14.2. The fraction of sp³-hybridized carbons (Fsp3) is 0.500. The predicted octanol–water partition coefficient (Wildman–Crippen LogP) is 2.60. The molecule has 1 fully saturated rings. The molecular weight excluding hydrogens is 261 g/mol. The van der Waals surface area contributed by atoms with E-state index in [1.807, 2.05) is 0 Å². The summed E-state index contributed by atoms with van der Waals surface area (Å²) >= 11 is 5.26. The topological polar surface area (TPSA) is 27.3 Å². The van der Waals surface area contributed by atoms with Gasteiger partial charge in [0.05, 0.1) is 0 Å². The summed E-state index contributed by atoms with van der Waals surface area (Å²) in [6, 6.07) is 6.74. The van der Waals surface area contributed by atoms with E-state index in [9.17, 15) is 4.39 Å². The summed E-state index contributed by atoms with van der Waals surface area (Å²) in [5.41, 5.74) is 0.684. The number of thiocarbonyl (C=S) groups is 1. The molecule has 104 valence electrons. The molecule has 0 aromatic heterocycles. The molecule has 1 aromatic carbocycles. The van der Waals surface area contributed by atoms with Gasteiger partial charge in [-0.25, -0.2) is 4.39 Å². The van der Waals surface area contributed by atoms with Gasteiger partial charge in [-0.15, -0.1) is 0 Å². The van der Waals surface area contributed by atoms with Crippen LogP contribution in [-0.2, 0) is 0 Å². The van der Waals surface area contributed by atoms with Crippen LogP contribution in [0.5, 0.6) is 0 Å². The van der Waals surface area contributed by atoms with Gasteiger partial charge in [0.2, 0.25) is 0 Å². The largest absolute Gasteiger partial charge is 0.360 e. The first-order valence-corrected chi connectivity index (χ1v) is 7.13. The maximum atomic E-state index is 13.0. The van der Waals surface area contributed by atoms with Gasteiger partial charge in [0.1, 0.15) is 5.82 Å². The van der Waals surface area contributed by atoms with Crippen LogP contribution in [0, 0.1) is 5.82 Å². The summed E-state index contributed by atoms with van der Waals surface area (Å²) in [6.45, 7) is 5.51. The van der Waals surface area contributed by atoms with Crippen LogP contribution in [0.4, 0.5) is 10.1 Å². The Labute approximate surface area is 119 Å². The van der Waals surface area contributed by atoms with E-state index >= 15 is 0 Å². The zero-order valence-corrected chi connectivity index (χ0v) is 12.0. The number of nitrogens with one attached hydrogen (secondary N) is 2. The minimum Gasteiger partial charge on any atom is -0.360 e. The van der Waals surface area contributed by atoms with Gasteiger partial charge in [0.25, 0.3) is 0 Å². The second-order valence-electron chi connectivity index (χ2n) is 4.82. The smallest absolute Gasteiger partial charge is 0.170 e. The first-order valence-electron chi connectivity index (χ1n) is 6.73. The van der Waals surface area contributed by atoms with Gasteiger partial charge in [-0.1, -0.05) is 13.0 Å². The SMILES string of the molecule is CCN1CCC(NC(=S)Nc2cccc(F)c2)CC1. The van der Waals surface area contributed by atoms with E-state index in [0.29, 0.717) is 16.8 Å². The van der Waals surface area contributed by atoms with Gasteiger partial charge in [0, 0.05) is 24.8 Å². The van der Waals surface area contributed by atoms with Crippen LogP contribution in [0.3, 0.4) is 0 Å². The quantitative estimate of drug-likeness (QED) is 0.833. The Bertz CT molecular complexity index is 430. The van der Waals surface area contributed by atoms with Crippen molar-refractivity contribution in [1.82, 2.24) is 10.2 Å². The molecule has 0 amide bonds. The summed E-state index contributed by atoms with van der Waals surface area (Å²) < 4.78 is 13.0. The molecule has 19 heavy (non-hydrogen) atoms. The molecule has 0 spiro atoms. The number of likely N-dealkylation sites (tertiary alicyclic amines) is 1. The third kappa shape index (κ3) is 4.44. The molecule has 0 bridgehead atoms. The van der Waals surface area contributed by atoms with Crippen LogP contribution in [0.15, 0.2) is 24.3 Å². The van der Waals surface area contributed by atoms with Crippen molar-refractivity contribution in [2.75, 3.05) is 25.0 Å². The van der Waals surface area contributed by atoms with Crippen LogP contribution >= 0.6 is 12.2 Å². The highest BCUT2D eigenvalue weighted by Gasteiger charge is 2.18. The lowest BCUT2D eigenvalue weighted by molar-refractivity contribution is 0.216. The Hall–Kier alpha value is -1.20. The first-order chi connectivity index (χ1) is 9.17. The average Bonchev–Trinajstić information content (AvgIpc) is 2.39. The maximum Gasteiger partial charge on any atom is 0.170 e. The van der Waals surface area contributed by atoms with Crippen molar-refractivity contribution >= 4 is 23.0 Å². The van der Waals surface area contributed by atoms with Crippen molar-refractivity contribution in [3.63, 3.8) is 0 Å². The van der Waals surface area contributed by atoms with Gasteiger partial charge >= 0.3 is 0 Å². The highest BCUT2D eigenvalue weighted by molar-refractivity contribution is 7.80. The minimum atomic E-state index is -0.260. The van der Waals surface area contributed by atoms with E-state index in [4.69, 9.17) is 12.2 Å². The van der Waals surface area contributed by atoms with Crippen molar-refractivity contribution in [1.29, 1.82) is 0 Å². The van der Waals surface area contributed by atoms with Gasteiger partial charge in [-0.2, -0.15) is 0 Å². The van der Waals surface area contributed by atoms with Gasteiger partial charge < -0.3 is 15.5 Å². The molecule has 1 aliphatic rings. The summed E-state index contributed by atoms with van der Waals surface area (Å²) in [7, 11) is 0. The van der Waals surface area contributed by atoms with Crippen LogP contribution in [0.1, 0.15) is 19.8 Å². The number of hydrogen-bond donors (Lipinski definition) is 2. The lowest BCUT2D eigenvalue weighted by atomic mass is 10.1. The van der Waals surface area contributed by atoms with Gasteiger partial charge in [-0.3, -0.25) is 0 Å². The van der Waals surface area contributed by atoms with E-state index in [0.717, 1.165) is 32.5 Å². The summed E-state index contributed by atoms with van der Waals surface area (Å²) in [5, 5.41) is 6.89. The molecule has 0 atom stereocenters. The van der Waals surface area contributed by atoms with E-state index in [2.05, 4.69) is 22.5 Å². The Balaban J connectivity index is 1.79. The lowest BCUT2D eigenvalue weighted by Crippen LogP contribution is -2.45. The average molecular weight is 281 g/mol. The number of piperidine rings is 1. The van der Waals surface area contributed by atoms with Crippen molar-refractivity contribution in [3.05, 3.63) is 30.1 Å². The van der Waals surface area contributed by atoms with Crippen molar-refractivity contribution in [3.8, 4) is 0 Å². The van der Waals surface area contributed by atoms with E-state index < -0.39 is 0 Å². The molecule has 1 aliphatic heterocycles. The number of rotatable bonds is 3. The molecule has 5 heteroatoms. The summed E-state index contributed by atoms with van der Waals surface area (Å²) in [4.78, 5) is 2.43. The zero-order valence-electron chi connectivity index (χ0n) is 11.2. The van der Waals surface area contributed by atoms with Crippen molar-refractivity contribution < 1.29 is 4.39 Å². The third-order valence-electron chi connectivity index (χ3n) is 3.45. The Kier molecular flexibility index (Phi) is 5.10. The predicted molar refractivity (Wildman–Crippen MR) is 80.9 cm³/mol. The monoisotopic (exact) mass is 281 g/mol. The molecule has 0 saturated carbocycles. The molecule has 1 saturated heterocycles. The maximum absolute atomic E-state index is 13.0. The van der Waals surface area contributed by atoms with Crippen LogP contribution in [0.2, 0.25) is 0 Å². The third-order valence-corrected chi connectivity index (χ3v) is 3.67. The van der Waals surface area contributed by atoms with Crippen molar-refractivity contribution in [2.45, 2.75) is 25.8 Å². The summed E-state index contributed by atoms with van der Waals surface area (Å²) in [6.07, 6.45) is 2.19. The van der Waals surface area contributed by atoms with Crippen LogP contribution in [0.25, 0.3) is 0 Å². The molecule has 3 nitrogen and oxygen atoms in total. The molecule has 0 unspecified atom stereocenters. The Morgan fingerprint density at radius 2 is 2.16 bits per heavy atom. The second-order valence-corrected chi connectivity index (χ2v) is 5.23. The van der Waals surface area contributed by atoms with Gasteiger partial charge in [-0.05, 0) is 49.8 Å².